The maximum atomic E-state index is 13.2. The molecule has 0 fully saturated rings. The smallest absolute Gasteiger partial charge is 0.254 e. The van der Waals surface area contributed by atoms with Gasteiger partial charge in [-0.05, 0) is 36.6 Å². The van der Waals surface area contributed by atoms with Crippen LogP contribution in [0.5, 0.6) is 0 Å². The molecular weight excluding hydrogens is 333 g/mol. The van der Waals surface area contributed by atoms with Crippen molar-refractivity contribution in [3.8, 4) is 5.69 Å². The molecule has 0 saturated heterocycles. The van der Waals surface area contributed by atoms with Crippen LogP contribution in [0, 0.1) is 5.82 Å². The van der Waals surface area contributed by atoms with E-state index in [4.69, 9.17) is 0 Å². The van der Waals surface area contributed by atoms with Gasteiger partial charge < -0.3 is 9.88 Å². The van der Waals surface area contributed by atoms with Gasteiger partial charge in [0.2, 0.25) is 0 Å². The fourth-order valence-corrected chi connectivity index (χ4v) is 2.85. The maximum absolute atomic E-state index is 13.2. The highest BCUT2D eigenvalue weighted by Gasteiger charge is 2.20. The number of rotatable bonds is 7. The van der Waals surface area contributed by atoms with E-state index in [9.17, 15) is 9.18 Å². The molecule has 1 N–H and O–H groups in total. The van der Waals surface area contributed by atoms with E-state index in [-0.39, 0.29) is 17.6 Å². The third kappa shape index (κ3) is 3.99. The minimum absolute atomic E-state index is 0.0919. The fraction of sp³-hybridized carbons (Fsp3) is 0.316. The van der Waals surface area contributed by atoms with Crippen molar-refractivity contribution in [3.05, 3.63) is 66.3 Å². The van der Waals surface area contributed by atoms with Crippen LogP contribution in [0.2, 0.25) is 0 Å². The minimum Gasteiger partial charge on any atom is -0.352 e. The largest absolute Gasteiger partial charge is 0.352 e. The van der Waals surface area contributed by atoms with Crippen LogP contribution in [-0.4, -0.2) is 31.8 Å². The number of hydrogen-bond donors (Lipinski definition) is 1. The van der Waals surface area contributed by atoms with E-state index >= 15 is 0 Å². The second kappa shape index (κ2) is 7.95. The van der Waals surface area contributed by atoms with Gasteiger partial charge in [-0.3, -0.25) is 4.79 Å². The zero-order chi connectivity index (χ0) is 18.5. The van der Waals surface area contributed by atoms with Gasteiger partial charge in [-0.25, -0.2) is 14.1 Å². The molecule has 0 bridgehead atoms. The Morgan fingerprint density at radius 1 is 1.27 bits per heavy atom. The molecule has 2 heterocycles. The lowest BCUT2D eigenvalue weighted by Crippen LogP contribution is -2.26. The molecule has 2 aromatic heterocycles. The van der Waals surface area contributed by atoms with Crippen molar-refractivity contribution in [1.82, 2.24) is 24.6 Å². The van der Waals surface area contributed by atoms with Crippen molar-refractivity contribution in [1.29, 1.82) is 0 Å². The van der Waals surface area contributed by atoms with Gasteiger partial charge in [-0.1, -0.05) is 13.8 Å². The average molecular weight is 355 g/mol. The van der Waals surface area contributed by atoms with E-state index in [1.807, 2.05) is 24.6 Å². The van der Waals surface area contributed by atoms with Crippen LogP contribution in [0.15, 0.2) is 49.2 Å². The van der Waals surface area contributed by atoms with Gasteiger partial charge in [-0.2, -0.15) is 5.10 Å². The number of carbonyl (C=O) groups excluding carboxylic acids is 1. The number of hydrogen-bond acceptors (Lipinski definition) is 3. The Bertz CT molecular complexity index is 853. The van der Waals surface area contributed by atoms with Gasteiger partial charge in [0.1, 0.15) is 5.82 Å². The van der Waals surface area contributed by atoms with Crippen molar-refractivity contribution in [2.75, 3.05) is 6.54 Å². The Labute approximate surface area is 151 Å². The molecule has 26 heavy (non-hydrogen) atoms. The first kappa shape index (κ1) is 17.8. The molecule has 0 aliphatic carbocycles. The Hall–Kier alpha value is -2.96. The summed E-state index contributed by atoms with van der Waals surface area (Å²) in [6.45, 7) is 5.38. The number of nitrogens with zero attached hydrogens (tertiary/aromatic N) is 4. The molecule has 0 spiro atoms. The fourth-order valence-electron chi connectivity index (χ4n) is 2.85. The number of carbonyl (C=O) groups is 1. The van der Waals surface area contributed by atoms with E-state index in [2.05, 4.69) is 15.4 Å². The zero-order valence-corrected chi connectivity index (χ0v) is 14.9. The van der Waals surface area contributed by atoms with Crippen LogP contribution in [0.3, 0.4) is 0 Å². The van der Waals surface area contributed by atoms with E-state index in [1.54, 1.807) is 35.5 Å². The molecule has 136 valence electrons. The molecule has 3 rings (SSSR count). The van der Waals surface area contributed by atoms with Crippen LogP contribution >= 0.6 is 0 Å². The van der Waals surface area contributed by atoms with Gasteiger partial charge >= 0.3 is 0 Å². The summed E-state index contributed by atoms with van der Waals surface area (Å²) in [5.41, 5.74) is 2.09. The van der Waals surface area contributed by atoms with Crippen molar-refractivity contribution in [3.63, 3.8) is 0 Å². The summed E-state index contributed by atoms with van der Waals surface area (Å²) in [6.07, 6.45) is 7.77. The van der Waals surface area contributed by atoms with Crippen LogP contribution in [0.4, 0.5) is 4.39 Å². The van der Waals surface area contributed by atoms with Crippen LogP contribution < -0.4 is 5.32 Å². The van der Waals surface area contributed by atoms with Crippen LogP contribution in [0.25, 0.3) is 5.69 Å². The SMILES string of the molecule is CC(C)c1c(C(=O)NCCCn2ccnc2)cnn1-c1ccc(F)cc1. The summed E-state index contributed by atoms with van der Waals surface area (Å²) in [5, 5.41) is 7.29. The molecule has 0 saturated carbocycles. The number of nitrogens with one attached hydrogen (secondary N) is 1. The second-order valence-electron chi connectivity index (χ2n) is 6.40. The maximum Gasteiger partial charge on any atom is 0.254 e. The molecule has 0 aliphatic rings. The minimum atomic E-state index is -0.303. The first-order valence-electron chi connectivity index (χ1n) is 8.64. The molecular formula is C19H22FN5O. The normalized spacial score (nSPS) is 11.1. The Morgan fingerprint density at radius 3 is 2.69 bits per heavy atom. The predicted molar refractivity (Wildman–Crippen MR) is 96.8 cm³/mol. The number of benzene rings is 1. The Balaban J connectivity index is 1.70. The molecule has 1 amide bonds. The van der Waals surface area contributed by atoms with E-state index in [1.165, 1.54) is 12.1 Å². The van der Waals surface area contributed by atoms with E-state index in [0.717, 1.165) is 24.3 Å². The summed E-state index contributed by atoms with van der Waals surface area (Å²) < 4.78 is 16.8. The lowest BCUT2D eigenvalue weighted by molar-refractivity contribution is 0.0951. The lowest BCUT2D eigenvalue weighted by Gasteiger charge is -2.13. The van der Waals surface area contributed by atoms with Crippen LogP contribution in [-0.2, 0) is 6.54 Å². The van der Waals surface area contributed by atoms with Crippen LogP contribution in [0.1, 0.15) is 42.2 Å². The van der Waals surface area contributed by atoms with E-state index < -0.39 is 0 Å². The summed E-state index contributed by atoms with van der Waals surface area (Å²) in [4.78, 5) is 16.6. The highest BCUT2D eigenvalue weighted by Crippen LogP contribution is 2.23. The quantitative estimate of drug-likeness (QED) is 0.662. The number of amides is 1. The predicted octanol–water partition coefficient (Wildman–Crippen LogP) is 3.15. The summed E-state index contributed by atoms with van der Waals surface area (Å²) in [6, 6.07) is 6.08. The summed E-state index contributed by atoms with van der Waals surface area (Å²) in [7, 11) is 0. The molecule has 3 aromatic rings. The number of aromatic nitrogens is 4. The molecule has 0 aliphatic heterocycles. The van der Waals surface area contributed by atoms with Crippen molar-refractivity contribution < 1.29 is 9.18 Å². The molecule has 0 unspecified atom stereocenters. The topological polar surface area (TPSA) is 64.7 Å². The monoisotopic (exact) mass is 355 g/mol. The first-order valence-corrected chi connectivity index (χ1v) is 8.64. The average Bonchev–Trinajstić information content (AvgIpc) is 3.28. The standard InChI is InChI=1S/C19H22FN5O/c1-14(2)18-17(12-23-25(18)16-6-4-15(20)5-7-16)19(26)22-8-3-10-24-11-9-21-13-24/h4-7,9,11-14H,3,8,10H2,1-2H3,(H,22,26). The van der Waals surface area contributed by atoms with E-state index in [0.29, 0.717) is 12.1 Å². The molecule has 7 heteroatoms. The highest BCUT2D eigenvalue weighted by atomic mass is 19.1. The Kier molecular flexibility index (Phi) is 5.46. The highest BCUT2D eigenvalue weighted by molar-refractivity contribution is 5.95. The van der Waals surface area contributed by atoms with Crippen molar-refractivity contribution in [2.45, 2.75) is 32.7 Å². The number of imidazole rings is 1. The molecule has 1 aromatic carbocycles. The lowest BCUT2D eigenvalue weighted by atomic mass is 10.0. The van der Waals surface area contributed by atoms with Gasteiger partial charge in [0.05, 0.1) is 29.5 Å². The first-order chi connectivity index (χ1) is 12.6. The zero-order valence-electron chi connectivity index (χ0n) is 14.9. The molecule has 0 radical (unpaired) electrons. The summed E-state index contributed by atoms with van der Waals surface area (Å²) in [5.74, 6) is -0.357. The number of halogens is 1. The number of aryl methyl sites for hydroxylation is 1. The van der Waals surface area contributed by atoms with Gasteiger partial charge in [0.15, 0.2) is 0 Å². The molecule has 6 nitrogen and oxygen atoms in total. The van der Waals surface area contributed by atoms with Gasteiger partial charge in [0.25, 0.3) is 5.91 Å². The van der Waals surface area contributed by atoms with Crippen molar-refractivity contribution in [2.24, 2.45) is 0 Å². The van der Waals surface area contributed by atoms with Gasteiger partial charge in [0, 0.05) is 25.5 Å². The van der Waals surface area contributed by atoms with Crippen molar-refractivity contribution >= 4 is 5.91 Å². The third-order valence-electron chi connectivity index (χ3n) is 4.11. The van der Waals surface area contributed by atoms with Gasteiger partial charge in [-0.15, -0.1) is 0 Å². The Morgan fingerprint density at radius 2 is 2.04 bits per heavy atom. The summed E-state index contributed by atoms with van der Waals surface area (Å²) >= 11 is 0. The molecule has 0 atom stereocenters. The second-order valence-corrected chi connectivity index (χ2v) is 6.40. The third-order valence-corrected chi connectivity index (χ3v) is 4.11.